The summed E-state index contributed by atoms with van der Waals surface area (Å²) >= 11 is 6.16. The number of carbonyl (C=O) groups is 1. The first kappa shape index (κ1) is 15.3. The van der Waals surface area contributed by atoms with Gasteiger partial charge in [-0.15, -0.1) is 0 Å². The Hall–Kier alpha value is -1.62. The van der Waals surface area contributed by atoms with Crippen LogP contribution in [0.3, 0.4) is 0 Å². The van der Waals surface area contributed by atoms with Gasteiger partial charge in [-0.3, -0.25) is 0 Å². The Morgan fingerprint density at radius 1 is 1.27 bits per heavy atom. The number of hydrogen-bond acceptors (Lipinski definition) is 3. The number of halogens is 1. The molecule has 2 aliphatic rings. The number of methoxy groups -OCH3 is 1. The van der Waals surface area contributed by atoms with Crippen molar-refractivity contribution in [3.05, 3.63) is 22.7 Å². The lowest BCUT2D eigenvalue weighted by molar-refractivity contribution is 0.194. The van der Waals surface area contributed by atoms with Gasteiger partial charge in [0.25, 0.3) is 0 Å². The standard InChI is InChI=1S/C16H22ClN3O2/c1-11-9-14(15(22-2)10-13(11)17)19-5-7-20(8-6-19)16(21)18-12-3-4-12/h9-10,12H,3-8H2,1-2H3,(H,18,21). The summed E-state index contributed by atoms with van der Waals surface area (Å²) in [5, 5.41) is 3.75. The van der Waals surface area contributed by atoms with Crippen molar-refractivity contribution in [1.82, 2.24) is 10.2 Å². The Labute approximate surface area is 136 Å². The second-order valence-electron chi connectivity index (χ2n) is 5.97. The zero-order valence-electron chi connectivity index (χ0n) is 13.1. The van der Waals surface area contributed by atoms with Gasteiger partial charge < -0.3 is 19.9 Å². The maximum absolute atomic E-state index is 12.1. The highest BCUT2D eigenvalue weighted by Crippen LogP contribution is 2.34. The summed E-state index contributed by atoms with van der Waals surface area (Å²) in [4.78, 5) is 16.2. The van der Waals surface area contributed by atoms with Crippen molar-refractivity contribution in [1.29, 1.82) is 0 Å². The van der Waals surface area contributed by atoms with E-state index in [9.17, 15) is 4.79 Å². The number of urea groups is 1. The third-order valence-electron chi connectivity index (χ3n) is 4.27. The molecule has 0 aromatic heterocycles. The van der Waals surface area contributed by atoms with Crippen LogP contribution >= 0.6 is 11.6 Å². The number of piperazine rings is 1. The molecule has 1 aliphatic carbocycles. The molecule has 0 bridgehead atoms. The zero-order valence-corrected chi connectivity index (χ0v) is 13.8. The fourth-order valence-electron chi connectivity index (χ4n) is 2.70. The molecule has 1 saturated heterocycles. The summed E-state index contributed by atoms with van der Waals surface area (Å²) in [6.07, 6.45) is 2.24. The van der Waals surface area contributed by atoms with E-state index in [-0.39, 0.29) is 6.03 Å². The van der Waals surface area contributed by atoms with Crippen molar-refractivity contribution in [3.8, 4) is 5.75 Å². The minimum absolute atomic E-state index is 0.0707. The first-order valence-corrected chi connectivity index (χ1v) is 8.11. The van der Waals surface area contributed by atoms with Gasteiger partial charge in [0.1, 0.15) is 5.75 Å². The van der Waals surface area contributed by atoms with Gasteiger partial charge in [-0.25, -0.2) is 4.79 Å². The molecular formula is C16H22ClN3O2. The molecule has 6 heteroatoms. The third kappa shape index (κ3) is 3.24. The van der Waals surface area contributed by atoms with Crippen LogP contribution in [-0.2, 0) is 0 Å². The number of rotatable bonds is 3. The van der Waals surface area contributed by atoms with Crippen molar-refractivity contribution in [3.63, 3.8) is 0 Å². The number of carbonyl (C=O) groups excluding carboxylic acids is 1. The summed E-state index contributed by atoms with van der Waals surface area (Å²) in [6.45, 7) is 5.04. The summed E-state index contributed by atoms with van der Waals surface area (Å²) in [6, 6.07) is 4.39. The number of nitrogens with zero attached hydrogens (tertiary/aromatic N) is 2. The molecule has 0 radical (unpaired) electrons. The lowest BCUT2D eigenvalue weighted by Crippen LogP contribution is -2.52. The molecule has 1 aliphatic heterocycles. The number of ether oxygens (including phenoxy) is 1. The highest BCUT2D eigenvalue weighted by Gasteiger charge is 2.28. The highest BCUT2D eigenvalue weighted by atomic mass is 35.5. The molecule has 2 fully saturated rings. The van der Waals surface area contributed by atoms with Gasteiger partial charge in [-0.1, -0.05) is 11.6 Å². The molecule has 1 aromatic carbocycles. The van der Waals surface area contributed by atoms with Crippen LogP contribution in [0.4, 0.5) is 10.5 Å². The fraction of sp³-hybridized carbons (Fsp3) is 0.562. The van der Waals surface area contributed by atoms with Crippen molar-refractivity contribution in [2.45, 2.75) is 25.8 Å². The van der Waals surface area contributed by atoms with Crippen molar-refractivity contribution < 1.29 is 9.53 Å². The molecule has 0 spiro atoms. The van der Waals surface area contributed by atoms with E-state index in [0.717, 1.165) is 56.0 Å². The number of aryl methyl sites for hydroxylation is 1. The fourth-order valence-corrected chi connectivity index (χ4v) is 2.86. The lowest BCUT2D eigenvalue weighted by Gasteiger charge is -2.36. The van der Waals surface area contributed by atoms with Crippen LogP contribution in [0.5, 0.6) is 5.75 Å². The van der Waals surface area contributed by atoms with E-state index in [1.54, 1.807) is 7.11 Å². The second kappa shape index (κ2) is 6.24. The van der Waals surface area contributed by atoms with Crippen molar-refractivity contribution >= 4 is 23.3 Å². The van der Waals surface area contributed by atoms with E-state index in [1.807, 2.05) is 17.9 Å². The lowest BCUT2D eigenvalue weighted by atomic mass is 10.1. The van der Waals surface area contributed by atoms with Gasteiger partial charge in [0.05, 0.1) is 12.8 Å². The van der Waals surface area contributed by atoms with Crippen LogP contribution < -0.4 is 15.0 Å². The molecule has 3 rings (SSSR count). The SMILES string of the molecule is COc1cc(Cl)c(C)cc1N1CCN(C(=O)NC2CC2)CC1. The van der Waals surface area contributed by atoms with Crippen LogP contribution in [0.25, 0.3) is 0 Å². The molecule has 5 nitrogen and oxygen atoms in total. The highest BCUT2D eigenvalue weighted by molar-refractivity contribution is 6.31. The number of nitrogens with one attached hydrogen (secondary N) is 1. The van der Waals surface area contributed by atoms with Gasteiger partial charge in [0.15, 0.2) is 0 Å². The van der Waals surface area contributed by atoms with E-state index in [4.69, 9.17) is 16.3 Å². The Kier molecular flexibility index (Phi) is 4.34. The minimum Gasteiger partial charge on any atom is -0.495 e. The van der Waals surface area contributed by atoms with Crippen LogP contribution in [0.15, 0.2) is 12.1 Å². The number of anilines is 1. The number of benzene rings is 1. The molecule has 0 unspecified atom stereocenters. The smallest absolute Gasteiger partial charge is 0.317 e. The largest absolute Gasteiger partial charge is 0.495 e. The molecule has 2 amide bonds. The molecule has 120 valence electrons. The Balaban J connectivity index is 1.65. The van der Waals surface area contributed by atoms with Gasteiger partial charge in [0, 0.05) is 43.3 Å². The topological polar surface area (TPSA) is 44.8 Å². The third-order valence-corrected chi connectivity index (χ3v) is 4.68. The Morgan fingerprint density at radius 3 is 2.55 bits per heavy atom. The molecule has 22 heavy (non-hydrogen) atoms. The van der Waals surface area contributed by atoms with Crippen LogP contribution in [-0.4, -0.2) is 50.3 Å². The Morgan fingerprint density at radius 2 is 1.95 bits per heavy atom. The molecule has 1 aromatic rings. The van der Waals surface area contributed by atoms with Gasteiger partial charge in [0.2, 0.25) is 0 Å². The van der Waals surface area contributed by atoms with Gasteiger partial charge in [-0.05, 0) is 31.4 Å². The maximum Gasteiger partial charge on any atom is 0.317 e. The zero-order chi connectivity index (χ0) is 15.7. The number of amides is 2. The quantitative estimate of drug-likeness (QED) is 0.930. The van der Waals surface area contributed by atoms with E-state index in [0.29, 0.717) is 11.1 Å². The summed E-state index contributed by atoms with van der Waals surface area (Å²) < 4.78 is 5.45. The van der Waals surface area contributed by atoms with E-state index in [2.05, 4.69) is 16.3 Å². The van der Waals surface area contributed by atoms with Crippen LogP contribution in [0.1, 0.15) is 18.4 Å². The molecular weight excluding hydrogens is 302 g/mol. The maximum atomic E-state index is 12.1. The predicted molar refractivity (Wildman–Crippen MR) is 88.1 cm³/mol. The summed E-state index contributed by atoms with van der Waals surface area (Å²) in [5.41, 5.74) is 2.08. The minimum atomic E-state index is 0.0707. The normalized spacial score (nSPS) is 18.3. The first-order valence-electron chi connectivity index (χ1n) is 7.73. The summed E-state index contributed by atoms with van der Waals surface area (Å²) in [5.74, 6) is 0.784. The van der Waals surface area contributed by atoms with Crippen molar-refractivity contribution in [2.75, 3.05) is 38.2 Å². The van der Waals surface area contributed by atoms with Crippen molar-refractivity contribution in [2.24, 2.45) is 0 Å². The second-order valence-corrected chi connectivity index (χ2v) is 6.38. The molecule has 1 N–H and O–H groups in total. The monoisotopic (exact) mass is 323 g/mol. The molecule has 1 saturated carbocycles. The van der Waals surface area contributed by atoms with E-state index < -0.39 is 0 Å². The van der Waals surface area contributed by atoms with Crippen LogP contribution in [0, 0.1) is 6.92 Å². The first-order chi connectivity index (χ1) is 10.6. The van der Waals surface area contributed by atoms with Gasteiger partial charge in [-0.2, -0.15) is 0 Å². The average molecular weight is 324 g/mol. The average Bonchev–Trinajstić information content (AvgIpc) is 3.33. The van der Waals surface area contributed by atoms with Crippen LogP contribution in [0.2, 0.25) is 5.02 Å². The van der Waals surface area contributed by atoms with Gasteiger partial charge >= 0.3 is 6.03 Å². The number of hydrogen-bond donors (Lipinski definition) is 1. The predicted octanol–water partition coefficient (Wildman–Crippen LogP) is 2.65. The molecule has 1 heterocycles. The molecule has 0 atom stereocenters. The Bertz CT molecular complexity index is 567. The van der Waals surface area contributed by atoms with E-state index in [1.165, 1.54) is 0 Å². The summed E-state index contributed by atoms with van der Waals surface area (Å²) in [7, 11) is 1.66. The van der Waals surface area contributed by atoms with E-state index >= 15 is 0 Å².